The van der Waals surface area contributed by atoms with Gasteiger partial charge in [-0.2, -0.15) is 0 Å². The van der Waals surface area contributed by atoms with E-state index in [0.29, 0.717) is 18.9 Å². The highest BCUT2D eigenvalue weighted by atomic mass is 79.9. The van der Waals surface area contributed by atoms with Crippen LogP contribution in [0.2, 0.25) is 0 Å². The number of halogens is 1. The van der Waals surface area contributed by atoms with Gasteiger partial charge in [0.05, 0.1) is 6.42 Å². The van der Waals surface area contributed by atoms with Gasteiger partial charge in [0.15, 0.2) is 0 Å². The van der Waals surface area contributed by atoms with Crippen LogP contribution in [0.1, 0.15) is 24.8 Å². The number of benzene rings is 1. The standard InChI is InChI=1S/C13H16BrNO2/c14-11-3-1-2-9(6-11)8-17-13(16)7-12(15)10-4-5-10/h1-3,6,10,12H,4-5,7-8,15H2. The molecule has 1 aromatic carbocycles. The highest BCUT2D eigenvalue weighted by Gasteiger charge is 2.30. The second-order valence-electron chi connectivity index (χ2n) is 4.50. The van der Waals surface area contributed by atoms with Crippen molar-refractivity contribution in [2.75, 3.05) is 0 Å². The molecular formula is C13H16BrNO2. The minimum absolute atomic E-state index is 0.0231. The zero-order chi connectivity index (χ0) is 12.3. The second-order valence-corrected chi connectivity index (χ2v) is 5.41. The Morgan fingerprint density at radius 3 is 2.94 bits per heavy atom. The summed E-state index contributed by atoms with van der Waals surface area (Å²) < 4.78 is 6.18. The van der Waals surface area contributed by atoms with E-state index in [2.05, 4.69) is 15.9 Å². The fourth-order valence-corrected chi connectivity index (χ4v) is 2.18. The molecule has 0 amide bonds. The van der Waals surface area contributed by atoms with Crippen molar-refractivity contribution < 1.29 is 9.53 Å². The zero-order valence-corrected chi connectivity index (χ0v) is 11.2. The van der Waals surface area contributed by atoms with Crippen molar-refractivity contribution in [2.24, 2.45) is 11.7 Å². The monoisotopic (exact) mass is 297 g/mol. The lowest BCUT2D eigenvalue weighted by molar-refractivity contribution is -0.145. The minimum atomic E-state index is -0.204. The molecule has 1 atom stereocenters. The van der Waals surface area contributed by atoms with Gasteiger partial charge in [-0.05, 0) is 36.5 Å². The van der Waals surface area contributed by atoms with Crippen LogP contribution in [0.15, 0.2) is 28.7 Å². The Hall–Kier alpha value is -0.870. The van der Waals surface area contributed by atoms with Gasteiger partial charge < -0.3 is 10.5 Å². The van der Waals surface area contributed by atoms with Gasteiger partial charge in [0.2, 0.25) is 0 Å². The summed E-state index contributed by atoms with van der Waals surface area (Å²) in [6.45, 7) is 0.315. The van der Waals surface area contributed by atoms with Crippen LogP contribution in [0.25, 0.3) is 0 Å². The van der Waals surface area contributed by atoms with Crippen molar-refractivity contribution in [1.82, 2.24) is 0 Å². The average molecular weight is 298 g/mol. The molecule has 1 saturated carbocycles. The average Bonchev–Trinajstić information content (AvgIpc) is 3.10. The van der Waals surface area contributed by atoms with Crippen LogP contribution in [-0.2, 0) is 16.1 Å². The molecule has 0 aromatic heterocycles. The molecule has 0 radical (unpaired) electrons. The number of hydrogen-bond donors (Lipinski definition) is 1. The predicted molar refractivity (Wildman–Crippen MR) is 69.3 cm³/mol. The quantitative estimate of drug-likeness (QED) is 0.850. The van der Waals surface area contributed by atoms with Crippen LogP contribution in [0.4, 0.5) is 0 Å². The predicted octanol–water partition coefficient (Wildman–Crippen LogP) is 2.62. The number of nitrogens with two attached hydrogens (primary N) is 1. The van der Waals surface area contributed by atoms with Crippen LogP contribution in [0.5, 0.6) is 0 Å². The zero-order valence-electron chi connectivity index (χ0n) is 9.56. The number of ether oxygens (including phenoxy) is 1. The largest absolute Gasteiger partial charge is 0.461 e. The summed E-state index contributed by atoms with van der Waals surface area (Å²) in [5.74, 6) is 0.331. The highest BCUT2D eigenvalue weighted by Crippen LogP contribution is 2.32. The molecule has 0 bridgehead atoms. The lowest BCUT2D eigenvalue weighted by Crippen LogP contribution is -2.26. The third-order valence-electron chi connectivity index (χ3n) is 2.92. The fraction of sp³-hybridized carbons (Fsp3) is 0.462. The van der Waals surface area contributed by atoms with E-state index in [-0.39, 0.29) is 12.0 Å². The molecule has 0 spiro atoms. The Balaban J connectivity index is 1.75. The maximum absolute atomic E-state index is 11.5. The number of esters is 1. The first-order chi connectivity index (χ1) is 8.15. The Bertz CT molecular complexity index is 404. The van der Waals surface area contributed by atoms with E-state index in [1.165, 1.54) is 0 Å². The van der Waals surface area contributed by atoms with Gasteiger partial charge in [-0.3, -0.25) is 4.79 Å². The van der Waals surface area contributed by atoms with E-state index >= 15 is 0 Å². The first-order valence-electron chi connectivity index (χ1n) is 5.81. The van der Waals surface area contributed by atoms with E-state index < -0.39 is 0 Å². The van der Waals surface area contributed by atoms with Crippen molar-refractivity contribution >= 4 is 21.9 Å². The normalized spacial score (nSPS) is 16.6. The molecule has 92 valence electrons. The van der Waals surface area contributed by atoms with Crippen molar-refractivity contribution in [3.63, 3.8) is 0 Å². The third-order valence-corrected chi connectivity index (χ3v) is 3.41. The Morgan fingerprint density at radius 2 is 2.29 bits per heavy atom. The molecule has 1 aromatic rings. The summed E-state index contributed by atoms with van der Waals surface area (Å²) in [6.07, 6.45) is 2.64. The van der Waals surface area contributed by atoms with Gasteiger partial charge in [-0.25, -0.2) is 0 Å². The second kappa shape index (κ2) is 5.65. The van der Waals surface area contributed by atoms with Crippen molar-refractivity contribution in [2.45, 2.75) is 31.9 Å². The van der Waals surface area contributed by atoms with Crippen LogP contribution in [0, 0.1) is 5.92 Å². The van der Waals surface area contributed by atoms with E-state index in [4.69, 9.17) is 10.5 Å². The summed E-state index contributed by atoms with van der Waals surface area (Å²) in [5, 5.41) is 0. The molecular weight excluding hydrogens is 282 g/mol. The molecule has 2 N–H and O–H groups in total. The van der Waals surface area contributed by atoms with Gasteiger partial charge in [0.25, 0.3) is 0 Å². The van der Waals surface area contributed by atoms with Crippen molar-refractivity contribution in [3.05, 3.63) is 34.3 Å². The van der Waals surface area contributed by atoms with Crippen LogP contribution in [0.3, 0.4) is 0 Å². The molecule has 1 aliphatic rings. The summed E-state index contributed by atoms with van der Waals surface area (Å²) in [6, 6.07) is 7.70. The molecule has 1 unspecified atom stereocenters. The lowest BCUT2D eigenvalue weighted by Gasteiger charge is -2.10. The summed E-state index contributed by atoms with van der Waals surface area (Å²) in [7, 11) is 0. The van der Waals surface area contributed by atoms with E-state index in [1.54, 1.807) is 0 Å². The molecule has 3 nitrogen and oxygen atoms in total. The smallest absolute Gasteiger partial charge is 0.307 e. The molecule has 1 fully saturated rings. The SMILES string of the molecule is NC(CC(=O)OCc1cccc(Br)c1)C1CC1. The summed E-state index contributed by atoms with van der Waals surface area (Å²) in [5.41, 5.74) is 6.84. The Labute approximate surface area is 109 Å². The number of carbonyl (C=O) groups is 1. The van der Waals surface area contributed by atoms with Crippen LogP contribution in [-0.4, -0.2) is 12.0 Å². The van der Waals surface area contributed by atoms with Gasteiger partial charge in [-0.15, -0.1) is 0 Å². The molecule has 17 heavy (non-hydrogen) atoms. The molecule has 0 saturated heterocycles. The van der Waals surface area contributed by atoms with E-state index in [0.717, 1.165) is 22.9 Å². The van der Waals surface area contributed by atoms with E-state index in [1.807, 2.05) is 24.3 Å². The van der Waals surface area contributed by atoms with Crippen LogP contribution < -0.4 is 5.73 Å². The maximum Gasteiger partial charge on any atom is 0.307 e. The number of rotatable bonds is 5. The topological polar surface area (TPSA) is 52.3 Å². The van der Waals surface area contributed by atoms with Gasteiger partial charge in [0, 0.05) is 10.5 Å². The van der Waals surface area contributed by atoms with Gasteiger partial charge in [-0.1, -0.05) is 28.1 Å². The lowest BCUT2D eigenvalue weighted by atomic mass is 10.1. The van der Waals surface area contributed by atoms with E-state index in [9.17, 15) is 4.79 Å². The fourth-order valence-electron chi connectivity index (χ4n) is 1.73. The highest BCUT2D eigenvalue weighted by molar-refractivity contribution is 9.10. The van der Waals surface area contributed by atoms with Gasteiger partial charge in [0.1, 0.15) is 6.61 Å². The Morgan fingerprint density at radius 1 is 1.53 bits per heavy atom. The molecule has 4 heteroatoms. The first-order valence-corrected chi connectivity index (χ1v) is 6.60. The minimum Gasteiger partial charge on any atom is -0.461 e. The number of carbonyl (C=O) groups excluding carboxylic acids is 1. The first kappa shape index (κ1) is 12.6. The molecule has 0 heterocycles. The Kier molecular flexibility index (Phi) is 4.18. The number of hydrogen-bond acceptors (Lipinski definition) is 3. The molecule has 2 rings (SSSR count). The summed E-state index contributed by atoms with van der Waals surface area (Å²) in [4.78, 5) is 11.5. The third kappa shape index (κ3) is 4.13. The molecule has 1 aliphatic carbocycles. The maximum atomic E-state index is 11.5. The molecule has 0 aliphatic heterocycles. The van der Waals surface area contributed by atoms with Crippen molar-refractivity contribution in [1.29, 1.82) is 0 Å². The van der Waals surface area contributed by atoms with Crippen molar-refractivity contribution in [3.8, 4) is 0 Å². The van der Waals surface area contributed by atoms with Gasteiger partial charge >= 0.3 is 5.97 Å². The van der Waals surface area contributed by atoms with Crippen LogP contribution >= 0.6 is 15.9 Å². The summed E-state index contributed by atoms with van der Waals surface area (Å²) >= 11 is 3.38.